The van der Waals surface area contributed by atoms with E-state index in [9.17, 15) is 22.0 Å². The van der Waals surface area contributed by atoms with Gasteiger partial charge in [-0.05, 0) is 24.6 Å². The standard InChI is InChI=1S/C17H13F5N2O/c1-11-2-4-12(5-3-11)8-23-24-9-13-6-14(18)16(15(19)7-13)25-10-17(20,21)22/h2-9H,10H2,1H3. The van der Waals surface area contributed by atoms with Crippen LogP contribution in [0.25, 0.3) is 0 Å². The van der Waals surface area contributed by atoms with E-state index in [-0.39, 0.29) is 5.56 Å². The van der Waals surface area contributed by atoms with E-state index in [1.165, 1.54) is 6.21 Å². The molecule has 0 bridgehead atoms. The summed E-state index contributed by atoms with van der Waals surface area (Å²) < 4.78 is 67.6. The maximum absolute atomic E-state index is 13.7. The molecule has 0 fully saturated rings. The second-order valence-electron chi connectivity index (χ2n) is 5.12. The highest BCUT2D eigenvalue weighted by Crippen LogP contribution is 2.25. The Morgan fingerprint density at radius 1 is 0.920 bits per heavy atom. The summed E-state index contributed by atoms with van der Waals surface area (Å²) in [4.78, 5) is 0. The molecule has 0 radical (unpaired) electrons. The lowest BCUT2D eigenvalue weighted by molar-refractivity contribution is -0.154. The van der Waals surface area contributed by atoms with Crippen molar-refractivity contribution in [2.45, 2.75) is 13.1 Å². The second-order valence-corrected chi connectivity index (χ2v) is 5.12. The van der Waals surface area contributed by atoms with E-state index >= 15 is 0 Å². The minimum Gasteiger partial charge on any atom is -0.478 e. The molecule has 8 heteroatoms. The van der Waals surface area contributed by atoms with E-state index in [4.69, 9.17) is 0 Å². The summed E-state index contributed by atoms with van der Waals surface area (Å²) in [6.07, 6.45) is -2.17. The van der Waals surface area contributed by atoms with Gasteiger partial charge in [0.05, 0.1) is 12.4 Å². The van der Waals surface area contributed by atoms with Crippen molar-refractivity contribution < 1.29 is 26.7 Å². The van der Waals surface area contributed by atoms with Gasteiger partial charge in [-0.2, -0.15) is 23.4 Å². The van der Waals surface area contributed by atoms with E-state index in [1.807, 2.05) is 31.2 Å². The van der Waals surface area contributed by atoms with Crippen molar-refractivity contribution in [3.8, 4) is 5.75 Å². The molecule has 132 valence electrons. The number of alkyl halides is 3. The topological polar surface area (TPSA) is 34.0 Å². The Hall–Kier alpha value is -2.77. The Morgan fingerprint density at radius 2 is 1.44 bits per heavy atom. The van der Waals surface area contributed by atoms with Gasteiger partial charge in [-0.15, -0.1) is 0 Å². The molecule has 0 unspecified atom stereocenters. The van der Waals surface area contributed by atoms with E-state index < -0.39 is 30.2 Å². The van der Waals surface area contributed by atoms with Crippen molar-refractivity contribution in [1.29, 1.82) is 0 Å². The molecule has 0 spiro atoms. The minimum atomic E-state index is -4.69. The number of ether oxygens (including phenoxy) is 1. The second kappa shape index (κ2) is 7.87. The van der Waals surface area contributed by atoms with Crippen LogP contribution in [-0.4, -0.2) is 25.2 Å². The predicted molar refractivity (Wildman–Crippen MR) is 84.3 cm³/mol. The van der Waals surface area contributed by atoms with Crippen molar-refractivity contribution in [2.75, 3.05) is 6.61 Å². The Morgan fingerprint density at radius 3 is 1.96 bits per heavy atom. The fraction of sp³-hybridized carbons (Fsp3) is 0.176. The fourth-order valence-corrected chi connectivity index (χ4v) is 1.80. The van der Waals surface area contributed by atoms with Crippen LogP contribution < -0.4 is 4.74 Å². The number of hydrogen-bond acceptors (Lipinski definition) is 3. The molecule has 0 aliphatic heterocycles. The third-order valence-electron chi connectivity index (χ3n) is 2.96. The number of hydrogen-bond donors (Lipinski definition) is 0. The third-order valence-corrected chi connectivity index (χ3v) is 2.96. The largest absolute Gasteiger partial charge is 0.478 e. The van der Waals surface area contributed by atoms with Gasteiger partial charge in [0.2, 0.25) is 0 Å². The lowest BCUT2D eigenvalue weighted by Crippen LogP contribution is -2.20. The number of benzene rings is 2. The summed E-state index contributed by atoms with van der Waals surface area (Å²) in [6.45, 7) is 0.152. The van der Waals surface area contributed by atoms with Crippen LogP contribution in [0, 0.1) is 18.6 Å². The van der Waals surface area contributed by atoms with Gasteiger partial charge in [-0.1, -0.05) is 29.8 Å². The Bertz CT molecular complexity index is 760. The summed E-state index contributed by atoms with van der Waals surface area (Å²) in [6, 6.07) is 9.02. The van der Waals surface area contributed by atoms with E-state index in [0.29, 0.717) is 0 Å². The van der Waals surface area contributed by atoms with Gasteiger partial charge in [-0.25, -0.2) is 8.78 Å². The molecule has 0 heterocycles. The number of rotatable bonds is 5. The van der Waals surface area contributed by atoms with Crippen LogP contribution in [0.5, 0.6) is 5.75 Å². The molecule has 0 amide bonds. The quantitative estimate of drug-likeness (QED) is 0.436. The lowest BCUT2D eigenvalue weighted by atomic mass is 10.2. The molecular weight excluding hydrogens is 343 g/mol. The fourth-order valence-electron chi connectivity index (χ4n) is 1.80. The number of nitrogens with zero attached hydrogens (tertiary/aromatic N) is 2. The highest BCUT2D eigenvalue weighted by atomic mass is 19.4. The lowest BCUT2D eigenvalue weighted by Gasteiger charge is -2.10. The van der Waals surface area contributed by atoms with Gasteiger partial charge >= 0.3 is 6.18 Å². The summed E-state index contributed by atoms with van der Waals surface area (Å²) in [5.41, 5.74) is 1.87. The molecule has 0 saturated carbocycles. The zero-order valence-electron chi connectivity index (χ0n) is 13.0. The molecule has 3 nitrogen and oxygen atoms in total. The molecule has 2 aromatic rings. The third kappa shape index (κ3) is 5.98. The highest BCUT2D eigenvalue weighted by Gasteiger charge is 2.29. The first-order valence-electron chi connectivity index (χ1n) is 7.06. The Balaban J connectivity index is 2.06. The average Bonchev–Trinajstić information content (AvgIpc) is 2.51. The highest BCUT2D eigenvalue weighted by molar-refractivity contribution is 5.82. The molecule has 25 heavy (non-hydrogen) atoms. The minimum absolute atomic E-state index is 0.00425. The molecule has 0 aromatic heterocycles. The van der Waals surface area contributed by atoms with Gasteiger partial charge in [0.25, 0.3) is 0 Å². The van der Waals surface area contributed by atoms with Gasteiger partial charge in [0.1, 0.15) is 0 Å². The molecule has 0 saturated heterocycles. The smallest absolute Gasteiger partial charge is 0.422 e. The predicted octanol–water partition coefficient (Wildman–Crippen LogP) is 4.67. The Kier molecular flexibility index (Phi) is 5.84. The van der Waals surface area contributed by atoms with Gasteiger partial charge < -0.3 is 4.74 Å². The van der Waals surface area contributed by atoms with Crippen molar-refractivity contribution >= 4 is 12.4 Å². The Labute approximate surface area is 140 Å². The van der Waals surface area contributed by atoms with Crippen LogP contribution in [0.1, 0.15) is 16.7 Å². The summed E-state index contributed by atoms with van der Waals surface area (Å²) in [5, 5.41) is 7.38. The summed E-state index contributed by atoms with van der Waals surface area (Å²) in [5.74, 6) is -3.60. The SMILES string of the molecule is Cc1ccc(C=NN=Cc2cc(F)c(OCC(F)(F)F)c(F)c2)cc1. The van der Waals surface area contributed by atoms with Crippen LogP contribution in [0.15, 0.2) is 46.6 Å². The first kappa shape index (κ1) is 18.6. The van der Waals surface area contributed by atoms with E-state index in [0.717, 1.165) is 29.5 Å². The van der Waals surface area contributed by atoms with Gasteiger partial charge in [0, 0.05) is 5.56 Å². The average molecular weight is 356 g/mol. The maximum Gasteiger partial charge on any atom is 0.422 e. The zero-order chi connectivity index (χ0) is 18.4. The number of aryl methyl sites for hydroxylation is 1. The van der Waals surface area contributed by atoms with Gasteiger partial charge in [0.15, 0.2) is 24.0 Å². The summed E-state index contributed by atoms with van der Waals surface area (Å²) in [7, 11) is 0. The molecule has 0 N–H and O–H groups in total. The molecular formula is C17H13F5N2O. The molecule has 2 aromatic carbocycles. The maximum atomic E-state index is 13.7. The van der Waals surface area contributed by atoms with Crippen LogP contribution in [-0.2, 0) is 0 Å². The van der Waals surface area contributed by atoms with E-state index in [2.05, 4.69) is 14.9 Å². The molecule has 2 rings (SSSR count). The normalized spacial score (nSPS) is 12.2. The zero-order valence-corrected chi connectivity index (χ0v) is 13.0. The van der Waals surface area contributed by atoms with Crippen molar-refractivity contribution in [2.24, 2.45) is 10.2 Å². The monoisotopic (exact) mass is 356 g/mol. The van der Waals surface area contributed by atoms with E-state index in [1.54, 1.807) is 0 Å². The molecule has 0 aliphatic carbocycles. The molecule has 0 aliphatic rings. The van der Waals surface area contributed by atoms with Crippen LogP contribution in [0.2, 0.25) is 0 Å². The molecule has 0 atom stereocenters. The van der Waals surface area contributed by atoms with Crippen molar-refractivity contribution in [1.82, 2.24) is 0 Å². The van der Waals surface area contributed by atoms with Crippen LogP contribution in [0.4, 0.5) is 22.0 Å². The first-order chi connectivity index (χ1) is 11.7. The van der Waals surface area contributed by atoms with Crippen molar-refractivity contribution in [3.05, 3.63) is 64.7 Å². The van der Waals surface area contributed by atoms with Crippen LogP contribution in [0.3, 0.4) is 0 Å². The van der Waals surface area contributed by atoms with Crippen molar-refractivity contribution in [3.63, 3.8) is 0 Å². The summed E-state index contributed by atoms with van der Waals surface area (Å²) >= 11 is 0. The first-order valence-corrected chi connectivity index (χ1v) is 7.06. The van der Waals surface area contributed by atoms with Gasteiger partial charge in [-0.3, -0.25) is 0 Å². The van der Waals surface area contributed by atoms with Crippen LogP contribution >= 0.6 is 0 Å². The number of halogens is 5.